The second-order valence-electron chi connectivity index (χ2n) is 1.89. The Balaban J connectivity index is 2.42. The van der Waals surface area contributed by atoms with Crippen LogP contribution >= 0.6 is 22.6 Å². The van der Waals surface area contributed by atoms with Crippen molar-refractivity contribution >= 4 is 22.6 Å². The lowest BCUT2D eigenvalue weighted by molar-refractivity contribution is 0.257. The summed E-state index contributed by atoms with van der Waals surface area (Å²) < 4.78 is 10.9. The third-order valence-electron chi connectivity index (χ3n) is 1.23. The van der Waals surface area contributed by atoms with E-state index in [1.165, 1.54) is 0 Å². The van der Waals surface area contributed by atoms with Gasteiger partial charge in [0.05, 0.1) is 0 Å². The van der Waals surface area contributed by atoms with E-state index in [9.17, 15) is 0 Å². The number of halogens is 1. The third-order valence-corrected chi connectivity index (χ3v) is 1.67. The quantitative estimate of drug-likeness (QED) is 0.655. The molecular formula is C7H4IO2. The average Bonchev–Trinajstić information content (AvgIpc) is 2.27. The molecule has 1 aromatic rings. The lowest BCUT2D eigenvalue weighted by Crippen LogP contribution is -1.95. The van der Waals surface area contributed by atoms with Crippen molar-refractivity contribution < 1.29 is 9.47 Å². The molecule has 0 bridgehead atoms. The lowest BCUT2D eigenvalue weighted by atomic mass is 10.3. The number of ether oxygens (including phenoxy) is 2. The zero-order chi connectivity index (χ0) is 6.97. The van der Waals surface area contributed by atoms with Gasteiger partial charge in [0.2, 0.25) is 0 Å². The van der Waals surface area contributed by atoms with Crippen LogP contribution in [0, 0.1) is 4.30 Å². The highest BCUT2D eigenvalue weighted by Gasteiger charge is 2.22. The first-order valence-electron chi connectivity index (χ1n) is 2.83. The highest BCUT2D eigenvalue weighted by molar-refractivity contribution is 14.1. The Labute approximate surface area is 72.3 Å². The summed E-state index contributed by atoms with van der Waals surface area (Å²) >= 11 is 2.00. The summed E-state index contributed by atoms with van der Waals surface area (Å²) in [5, 5.41) is 0. The molecule has 10 heavy (non-hydrogen) atoms. The molecule has 1 heterocycles. The van der Waals surface area contributed by atoms with E-state index < -0.39 is 0 Å². The molecule has 0 N–H and O–H groups in total. The molecule has 3 heteroatoms. The minimum Gasteiger partial charge on any atom is -0.434 e. The number of hydrogen-bond donors (Lipinski definition) is 0. The molecule has 0 saturated heterocycles. The minimum atomic E-state index is 0.568. The number of hydrogen-bond acceptors (Lipinski definition) is 2. The Kier molecular flexibility index (Phi) is 1.44. The summed E-state index contributed by atoms with van der Waals surface area (Å²) in [5.74, 6) is 1.60. The van der Waals surface area contributed by atoms with Gasteiger partial charge in [-0.15, -0.1) is 0 Å². The van der Waals surface area contributed by atoms with E-state index in [1.54, 1.807) is 0 Å². The Hall–Kier alpha value is -0.450. The largest absolute Gasteiger partial charge is 0.434 e. The molecule has 0 spiro atoms. The van der Waals surface area contributed by atoms with Crippen LogP contribution in [0.1, 0.15) is 0 Å². The zero-order valence-corrected chi connectivity index (χ0v) is 7.16. The fraction of sp³-hybridized carbons (Fsp3) is 0. The molecular weight excluding hydrogens is 243 g/mol. The van der Waals surface area contributed by atoms with E-state index in [1.807, 2.05) is 46.9 Å². The highest BCUT2D eigenvalue weighted by atomic mass is 127. The SMILES string of the molecule is I[C]1Oc2ccccc2O1. The third kappa shape index (κ3) is 0.941. The van der Waals surface area contributed by atoms with Crippen LogP contribution in [0.25, 0.3) is 0 Å². The molecule has 0 saturated carbocycles. The topological polar surface area (TPSA) is 18.5 Å². The van der Waals surface area contributed by atoms with Gasteiger partial charge >= 0.3 is 4.30 Å². The van der Waals surface area contributed by atoms with E-state index in [4.69, 9.17) is 9.47 Å². The summed E-state index contributed by atoms with van der Waals surface area (Å²) in [6.07, 6.45) is 0. The number of fused-ring (bicyclic) bond motifs is 1. The Bertz CT molecular complexity index is 224. The number of benzene rings is 1. The maximum Gasteiger partial charge on any atom is 0.393 e. The summed E-state index contributed by atoms with van der Waals surface area (Å²) in [7, 11) is 0. The zero-order valence-electron chi connectivity index (χ0n) is 5.00. The molecule has 1 aromatic carbocycles. The van der Waals surface area contributed by atoms with Gasteiger partial charge in [-0.25, -0.2) is 0 Å². The molecule has 51 valence electrons. The average molecular weight is 247 g/mol. The minimum absolute atomic E-state index is 0.568. The van der Waals surface area contributed by atoms with Gasteiger partial charge < -0.3 is 9.47 Å². The molecule has 0 atom stereocenters. The van der Waals surface area contributed by atoms with E-state index in [0.717, 1.165) is 11.5 Å². The van der Waals surface area contributed by atoms with Crippen molar-refractivity contribution in [2.45, 2.75) is 0 Å². The second kappa shape index (κ2) is 2.30. The van der Waals surface area contributed by atoms with Gasteiger partial charge in [0, 0.05) is 22.6 Å². The van der Waals surface area contributed by atoms with Crippen molar-refractivity contribution in [1.82, 2.24) is 0 Å². The molecule has 2 rings (SSSR count). The van der Waals surface area contributed by atoms with Gasteiger partial charge in [-0.05, 0) is 12.1 Å². The molecule has 1 aliphatic rings. The first kappa shape index (κ1) is 6.27. The monoisotopic (exact) mass is 247 g/mol. The molecule has 0 aromatic heterocycles. The predicted octanol–water partition coefficient (Wildman–Crippen LogP) is 2.34. The smallest absolute Gasteiger partial charge is 0.393 e. The first-order valence-corrected chi connectivity index (χ1v) is 3.91. The fourth-order valence-corrected chi connectivity index (χ4v) is 1.29. The van der Waals surface area contributed by atoms with Crippen molar-refractivity contribution in [1.29, 1.82) is 0 Å². The van der Waals surface area contributed by atoms with Crippen LogP contribution in [0.2, 0.25) is 0 Å². The Morgan fingerprint density at radius 2 is 1.50 bits per heavy atom. The van der Waals surface area contributed by atoms with Gasteiger partial charge in [-0.3, -0.25) is 0 Å². The summed E-state index contributed by atoms with van der Waals surface area (Å²) in [6, 6.07) is 7.58. The van der Waals surface area contributed by atoms with Gasteiger partial charge in [-0.2, -0.15) is 0 Å². The summed E-state index contributed by atoms with van der Waals surface area (Å²) in [4.78, 5) is 0. The summed E-state index contributed by atoms with van der Waals surface area (Å²) in [5.41, 5.74) is 0. The van der Waals surface area contributed by atoms with Crippen molar-refractivity contribution in [3.63, 3.8) is 0 Å². The standard InChI is InChI=1S/C7H4IO2/c8-7-9-5-3-1-2-4-6(5)10-7/h1-4H. The highest BCUT2D eigenvalue weighted by Crippen LogP contribution is 2.38. The van der Waals surface area contributed by atoms with Gasteiger partial charge in [0.15, 0.2) is 11.5 Å². The van der Waals surface area contributed by atoms with Crippen LogP contribution in [0.4, 0.5) is 0 Å². The number of para-hydroxylation sites is 2. The van der Waals surface area contributed by atoms with Crippen LogP contribution < -0.4 is 9.47 Å². The normalized spacial score (nSPS) is 15.7. The van der Waals surface area contributed by atoms with E-state index in [-0.39, 0.29) is 0 Å². The Morgan fingerprint density at radius 3 is 2.00 bits per heavy atom. The van der Waals surface area contributed by atoms with Gasteiger partial charge in [0.25, 0.3) is 0 Å². The van der Waals surface area contributed by atoms with Crippen LogP contribution in [-0.4, -0.2) is 0 Å². The van der Waals surface area contributed by atoms with Crippen LogP contribution in [0.5, 0.6) is 11.5 Å². The van der Waals surface area contributed by atoms with E-state index in [0.29, 0.717) is 4.30 Å². The molecule has 0 amide bonds. The van der Waals surface area contributed by atoms with Crippen molar-refractivity contribution in [3.05, 3.63) is 28.6 Å². The molecule has 1 aliphatic heterocycles. The van der Waals surface area contributed by atoms with Crippen molar-refractivity contribution in [2.75, 3.05) is 0 Å². The molecule has 0 aliphatic carbocycles. The Morgan fingerprint density at radius 1 is 1.00 bits per heavy atom. The molecule has 0 unspecified atom stereocenters. The predicted molar refractivity (Wildman–Crippen MR) is 45.0 cm³/mol. The number of rotatable bonds is 0. The summed E-state index contributed by atoms with van der Waals surface area (Å²) in [6.45, 7) is 0. The first-order chi connectivity index (χ1) is 4.86. The molecule has 2 nitrogen and oxygen atoms in total. The van der Waals surface area contributed by atoms with Crippen molar-refractivity contribution in [2.24, 2.45) is 0 Å². The second-order valence-corrected chi connectivity index (χ2v) is 2.77. The van der Waals surface area contributed by atoms with Crippen LogP contribution in [0.15, 0.2) is 24.3 Å². The molecule has 0 fully saturated rings. The van der Waals surface area contributed by atoms with E-state index in [2.05, 4.69) is 0 Å². The van der Waals surface area contributed by atoms with Gasteiger partial charge in [0.1, 0.15) is 0 Å². The van der Waals surface area contributed by atoms with Crippen LogP contribution in [0.3, 0.4) is 0 Å². The maximum absolute atomic E-state index is 5.19. The van der Waals surface area contributed by atoms with Crippen molar-refractivity contribution in [3.8, 4) is 11.5 Å². The van der Waals surface area contributed by atoms with E-state index >= 15 is 0 Å². The lowest BCUT2D eigenvalue weighted by Gasteiger charge is -1.93. The fourth-order valence-electron chi connectivity index (χ4n) is 0.813. The maximum atomic E-state index is 5.19. The molecule has 1 radical (unpaired) electrons. The van der Waals surface area contributed by atoms with Crippen LogP contribution in [-0.2, 0) is 0 Å². The van der Waals surface area contributed by atoms with Gasteiger partial charge in [-0.1, -0.05) is 12.1 Å².